The van der Waals surface area contributed by atoms with Crippen molar-refractivity contribution in [2.45, 2.75) is 25.3 Å². The fourth-order valence-electron chi connectivity index (χ4n) is 3.89. The van der Waals surface area contributed by atoms with Crippen LogP contribution in [0, 0.1) is 0 Å². The third-order valence-electron chi connectivity index (χ3n) is 5.22. The number of aryl methyl sites for hydroxylation is 1. The maximum atomic E-state index is 12.9. The van der Waals surface area contributed by atoms with Crippen LogP contribution in [0.5, 0.6) is 0 Å². The molecule has 0 aliphatic carbocycles. The Morgan fingerprint density at radius 3 is 2.78 bits per heavy atom. The van der Waals surface area contributed by atoms with Crippen LogP contribution in [0.1, 0.15) is 40.6 Å². The van der Waals surface area contributed by atoms with Crippen LogP contribution in [-0.2, 0) is 18.3 Å². The Bertz CT molecular complexity index is 1020. The van der Waals surface area contributed by atoms with Crippen molar-refractivity contribution >= 4 is 22.9 Å². The van der Waals surface area contributed by atoms with Crippen molar-refractivity contribution in [1.29, 1.82) is 0 Å². The number of fused-ring (bicyclic) bond motifs is 1. The number of carboxylic acid groups (broad SMARTS) is 1. The molecule has 0 spiro atoms. The Morgan fingerprint density at radius 1 is 1.19 bits per heavy atom. The van der Waals surface area contributed by atoms with E-state index < -0.39 is 5.97 Å². The summed E-state index contributed by atoms with van der Waals surface area (Å²) in [5, 5.41) is 9.14. The maximum absolute atomic E-state index is 12.9. The molecule has 6 heteroatoms. The minimum atomic E-state index is -0.983. The van der Waals surface area contributed by atoms with Gasteiger partial charge in [-0.25, -0.2) is 9.78 Å². The van der Waals surface area contributed by atoms with E-state index in [0.717, 1.165) is 35.3 Å². The van der Waals surface area contributed by atoms with Gasteiger partial charge in [0.1, 0.15) is 5.82 Å². The molecule has 1 aliphatic heterocycles. The summed E-state index contributed by atoms with van der Waals surface area (Å²) >= 11 is 0. The van der Waals surface area contributed by atoms with E-state index in [0.29, 0.717) is 6.54 Å². The van der Waals surface area contributed by atoms with Crippen molar-refractivity contribution in [3.63, 3.8) is 0 Å². The third-order valence-corrected chi connectivity index (χ3v) is 5.22. The molecule has 1 aliphatic rings. The molecule has 1 fully saturated rings. The highest BCUT2D eigenvalue weighted by Crippen LogP contribution is 2.33. The lowest BCUT2D eigenvalue weighted by Crippen LogP contribution is -2.33. The lowest BCUT2D eigenvalue weighted by molar-refractivity contribution is -0.131. The van der Waals surface area contributed by atoms with Crippen molar-refractivity contribution in [3.05, 3.63) is 65.5 Å². The summed E-state index contributed by atoms with van der Waals surface area (Å²) in [5.74, 6) is -0.0727. The van der Waals surface area contributed by atoms with E-state index in [2.05, 4.69) is 4.57 Å². The Labute approximate surface area is 157 Å². The molecule has 27 heavy (non-hydrogen) atoms. The summed E-state index contributed by atoms with van der Waals surface area (Å²) in [7, 11) is 1.99. The second-order valence-electron chi connectivity index (χ2n) is 6.95. The van der Waals surface area contributed by atoms with Crippen molar-refractivity contribution in [2.24, 2.45) is 7.05 Å². The van der Waals surface area contributed by atoms with Gasteiger partial charge < -0.3 is 14.6 Å². The second kappa shape index (κ2) is 6.87. The Kier molecular flexibility index (Phi) is 4.39. The SMILES string of the molecule is Cn1c(C2CCCN2C(=O)Cc2cccc(C(=O)O)c2)nc2ccccc21. The minimum absolute atomic E-state index is 0.00657. The van der Waals surface area contributed by atoms with E-state index in [9.17, 15) is 9.59 Å². The van der Waals surface area contributed by atoms with Gasteiger partial charge in [-0.15, -0.1) is 0 Å². The van der Waals surface area contributed by atoms with E-state index in [1.807, 2.05) is 36.2 Å². The third kappa shape index (κ3) is 3.18. The molecule has 1 saturated heterocycles. The molecule has 2 heterocycles. The van der Waals surface area contributed by atoms with E-state index in [1.54, 1.807) is 18.2 Å². The van der Waals surface area contributed by atoms with Crippen LogP contribution in [0.15, 0.2) is 48.5 Å². The van der Waals surface area contributed by atoms with Gasteiger partial charge in [0.2, 0.25) is 5.91 Å². The minimum Gasteiger partial charge on any atom is -0.478 e. The Morgan fingerprint density at radius 2 is 2.00 bits per heavy atom. The van der Waals surface area contributed by atoms with Crippen LogP contribution < -0.4 is 0 Å². The normalized spacial score (nSPS) is 16.8. The lowest BCUT2D eigenvalue weighted by Gasteiger charge is -2.24. The zero-order valence-electron chi connectivity index (χ0n) is 15.1. The molecule has 138 valence electrons. The highest BCUT2D eigenvalue weighted by Gasteiger charge is 2.33. The van der Waals surface area contributed by atoms with Crippen molar-refractivity contribution in [3.8, 4) is 0 Å². The summed E-state index contributed by atoms with van der Waals surface area (Å²) in [6.45, 7) is 0.700. The average Bonchev–Trinajstić information content (AvgIpc) is 3.27. The van der Waals surface area contributed by atoms with Crippen LogP contribution in [0.25, 0.3) is 11.0 Å². The molecular weight excluding hydrogens is 342 g/mol. The van der Waals surface area contributed by atoms with E-state index in [1.165, 1.54) is 6.07 Å². The summed E-state index contributed by atoms with van der Waals surface area (Å²) < 4.78 is 2.07. The molecule has 0 bridgehead atoms. The van der Waals surface area contributed by atoms with Crippen molar-refractivity contribution in [1.82, 2.24) is 14.5 Å². The number of aromatic nitrogens is 2. The number of hydrogen-bond acceptors (Lipinski definition) is 3. The van der Waals surface area contributed by atoms with Crippen LogP contribution >= 0.6 is 0 Å². The molecule has 1 aromatic heterocycles. The standard InChI is InChI=1S/C21H21N3O3/c1-23-17-9-3-2-8-16(17)22-20(23)18-10-5-11-24(18)19(25)13-14-6-4-7-15(12-14)21(26)27/h2-4,6-9,12,18H,5,10-11,13H2,1H3,(H,26,27). The maximum Gasteiger partial charge on any atom is 0.335 e. The molecule has 3 aromatic rings. The number of benzene rings is 2. The first kappa shape index (κ1) is 17.3. The highest BCUT2D eigenvalue weighted by molar-refractivity contribution is 5.88. The fraction of sp³-hybridized carbons (Fsp3) is 0.286. The number of likely N-dealkylation sites (tertiary alicyclic amines) is 1. The monoisotopic (exact) mass is 363 g/mol. The first-order chi connectivity index (χ1) is 13.0. The van der Waals surface area contributed by atoms with Crippen LogP contribution in [0.4, 0.5) is 0 Å². The van der Waals surface area contributed by atoms with Crippen LogP contribution in [0.2, 0.25) is 0 Å². The summed E-state index contributed by atoms with van der Waals surface area (Å²) in [6, 6.07) is 14.5. The average molecular weight is 363 g/mol. The van der Waals surface area contributed by atoms with Gasteiger partial charge in [-0.3, -0.25) is 4.79 Å². The molecule has 0 radical (unpaired) electrons. The molecule has 4 rings (SSSR count). The fourth-order valence-corrected chi connectivity index (χ4v) is 3.89. The van der Waals surface area contributed by atoms with Gasteiger partial charge in [0, 0.05) is 13.6 Å². The molecule has 1 amide bonds. The number of carbonyl (C=O) groups excluding carboxylic acids is 1. The van der Waals surface area contributed by atoms with Gasteiger partial charge in [-0.1, -0.05) is 24.3 Å². The molecule has 0 saturated carbocycles. The zero-order valence-corrected chi connectivity index (χ0v) is 15.1. The number of hydrogen-bond donors (Lipinski definition) is 1. The number of para-hydroxylation sites is 2. The van der Waals surface area contributed by atoms with Gasteiger partial charge in [0.15, 0.2) is 0 Å². The van der Waals surface area contributed by atoms with Gasteiger partial charge >= 0.3 is 5.97 Å². The molecule has 6 nitrogen and oxygen atoms in total. The summed E-state index contributed by atoms with van der Waals surface area (Å²) in [4.78, 5) is 30.7. The predicted molar refractivity (Wildman–Crippen MR) is 102 cm³/mol. The summed E-state index contributed by atoms with van der Waals surface area (Å²) in [5.41, 5.74) is 2.91. The smallest absolute Gasteiger partial charge is 0.335 e. The van der Waals surface area contributed by atoms with Crippen molar-refractivity contribution < 1.29 is 14.7 Å². The van der Waals surface area contributed by atoms with Gasteiger partial charge in [0.05, 0.1) is 29.1 Å². The molecule has 2 aromatic carbocycles. The van der Waals surface area contributed by atoms with E-state index in [-0.39, 0.29) is 23.9 Å². The molecule has 1 unspecified atom stereocenters. The topological polar surface area (TPSA) is 75.4 Å². The number of carboxylic acids is 1. The number of carbonyl (C=O) groups is 2. The second-order valence-corrected chi connectivity index (χ2v) is 6.95. The number of amides is 1. The highest BCUT2D eigenvalue weighted by atomic mass is 16.4. The van der Waals surface area contributed by atoms with Crippen LogP contribution in [-0.4, -0.2) is 38.0 Å². The van der Waals surface area contributed by atoms with Gasteiger partial charge in [-0.05, 0) is 42.7 Å². The Balaban J connectivity index is 1.59. The van der Waals surface area contributed by atoms with Crippen molar-refractivity contribution in [2.75, 3.05) is 6.54 Å². The summed E-state index contributed by atoms with van der Waals surface area (Å²) in [6.07, 6.45) is 2.02. The number of imidazole rings is 1. The Hall–Kier alpha value is -3.15. The largest absolute Gasteiger partial charge is 0.478 e. The van der Waals surface area contributed by atoms with Gasteiger partial charge in [0.25, 0.3) is 0 Å². The molecular formula is C21H21N3O3. The lowest BCUT2D eigenvalue weighted by atomic mass is 10.1. The van der Waals surface area contributed by atoms with Crippen LogP contribution in [0.3, 0.4) is 0 Å². The van der Waals surface area contributed by atoms with E-state index in [4.69, 9.17) is 10.1 Å². The first-order valence-electron chi connectivity index (χ1n) is 9.07. The zero-order chi connectivity index (χ0) is 19.0. The quantitative estimate of drug-likeness (QED) is 0.772. The first-order valence-corrected chi connectivity index (χ1v) is 9.07. The van der Waals surface area contributed by atoms with Gasteiger partial charge in [-0.2, -0.15) is 0 Å². The predicted octanol–water partition coefficient (Wildman–Crippen LogP) is 3.18. The number of aromatic carboxylic acids is 1. The number of rotatable bonds is 4. The molecule has 1 N–H and O–H groups in total. The molecule has 1 atom stereocenters. The number of nitrogens with zero attached hydrogens (tertiary/aromatic N) is 3. The van der Waals surface area contributed by atoms with E-state index >= 15 is 0 Å².